The Kier molecular flexibility index (Phi) is 6.09. The second-order valence-corrected chi connectivity index (χ2v) is 9.10. The first-order valence-electron chi connectivity index (χ1n) is 11.9. The summed E-state index contributed by atoms with van der Waals surface area (Å²) in [6.45, 7) is 6.78. The summed E-state index contributed by atoms with van der Waals surface area (Å²) in [5.41, 5.74) is 9.92. The molecule has 3 heterocycles. The maximum absolute atomic E-state index is 12.1. The number of carbonyl (C=O) groups excluding carboxylic acids is 2. The van der Waals surface area contributed by atoms with Crippen LogP contribution in [0.15, 0.2) is 48.5 Å². The van der Waals surface area contributed by atoms with E-state index >= 15 is 0 Å². The van der Waals surface area contributed by atoms with E-state index in [1.54, 1.807) is 4.90 Å². The molecule has 0 radical (unpaired) electrons. The van der Waals surface area contributed by atoms with Gasteiger partial charge in [0.25, 0.3) is 0 Å². The topological polar surface area (TPSA) is 85.2 Å². The van der Waals surface area contributed by atoms with Crippen molar-refractivity contribution in [3.8, 4) is 0 Å². The average Bonchev–Trinajstić information content (AvgIpc) is 2.85. The Labute approximate surface area is 194 Å². The van der Waals surface area contributed by atoms with E-state index in [1.807, 2.05) is 24.3 Å². The number of hydrogen-bond donors (Lipinski definition) is 2. The predicted molar refractivity (Wildman–Crippen MR) is 132 cm³/mol. The Bertz CT molecular complexity index is 977. The average molecular weight is 449 g/mol. The number of rotatable bonds is 4. The van der Waals surface area contributed by atoms with Crippen LogP contribution in [0, 0.1) is 0 Å². The van der Waals surface area contributed by atoms with Crippen molar-refractivity contribution in [1.29, 1.82) is 0 Å². The standard InChI is InChI=1S/C25H32N6O2/c26-19-1-3-20(4-2-19)28-12-9-22(10-13-28)30-17-15-29(16-18-30)21-5-7-23(8-6-21)31-14-11-24(32)27-25(31)33/h1-8,22H,9-18,26H2,(H,27,32,33). The third-order valence-electron chi connectivity index (χ3n) is 7.13. The molecule has 0 aliphatic carbocycles. The van der Waals surface area contributed by atoms with Crippen molar-refractivity contribution in [3.05, 3.63) is 48.5 Å². The molecule has 3 amide bonds. The predicted octanol–water partition coefficient (Wildman–Crippen LogP) is 2.51. The molecule has 3 aliphatic rings. The van der Waals surface area contributed by atoms with Crippen LogP contribution in [-0.2, 0) is 4.79 Å². The van der Waals surface area contributed by atoms with Gasteiger partial charge in [0.15, 0.2) is 0 Å². The lowest BCUT2D eigenvalue weighted by atomic mass is 10.0. The summed E-state index contributed by atoms with van der Waals surface area (Å²) in [5.74, 6) is -0.207. The van der Waals surface area contributed by atoms with E-state index in [-0.39, 0.29) is 11.9 Å². The number of nitrogen functional groups attached to an aromatic ring is 1. The lowest BCUT2D eigenvalue weighted by Crippen LogP contribution is -2.53. The third kappa shape index (κ3) is 4.75. The minimum atomic E-state index is -0.338. The lowest BCUT2D eigenvalue weighted by Gasteiger charge is -2.44. The number of urea groups is 1. The zero-order valence-electron chi connectivity index (χ0n) is 18.9. The second-order valence-electron chi connectivity index (χ2n) is 9.10. The summed E-state index contributed by atoms with van der Waals surface area (Å²) < 4.78 is 0. The van der Waals surface area contributed by atoms with Crippen molar-refractivity contribution in [2.75, 3.05) is 66.2 Å². The number of piperazine rings is 1. The Morgan fingerprint density at radius 2 is 1.24 bits per heavy atom. The number of imide groups is 1. The molecule has 2 aromatic carbocycles. The first-order valence-corrected chi connectivity index (χ1v) is 11.9. The van der Waals surface area contributed by atoms with Crippen LogP contribution in [0.2, 0.25) is 0 Å². The van der Waals surface area contributed by atoms with Crippen LogP contribution in [-0.4, -0.2) is 68.7 Å². The van der Waals surface area contributed by atoms with Gasteiger partial charge in [-0.2, -0.15) is 0 Å². The number of amides is 3. The molecule has 5 rings (SSSR count). The maximum atomic E-state index is 12.1. The van der Waals surface area contributed by atoms with Crippen molar-refractivity contribution < 1.29 is 9.59 Å². The number of benzene rings is 2. The van der Waals surface area contributed by atoms with E-state index in [2.05, 4.69) is 44.3 Å². The molecule has 0 spiro atoms. The summed E-state index contributed by atoms with van der Waals surface area (Å²) in [6, 6.07) is 16.6. The van der Waals surface area contributed by atoms with Gasteiger partial charge in [-0.3, -0.25) is 19.9 Å². The van der Waals surface area contributed by atoms with Gasteiger partial charge in [-0.05, 0) is 61.4 Å². The quantitative estimate of drug-likeness (QED) is 0.699. The molecule has 3 saturated heterocycles. The SMILES string of the molecule is Nc1ccc(N2CCC(N3CCN(c4ccc(N5CCC(=O)NC5=O)cc4)CC3)CC2)cc1. The first-order chi connectivity index (χ1) is 16.1. The molecule has 3 fully saturated rings. The number of nitrogens with one attached hydrogen (secondary N) is 1. The van der Waals surface area contributed by atoms with E-state index in [0.29, 0.717) is 19.0 Å². The molecule has 33 heavy (non-hydrogen) atoms. The largest absolute Gasteiger partial charge is 0.399 e. The highest BCUT2D eigenvalue weighted by atomic mass is 16.2. The zero-order valence-corrected chi connectivity index (χ0v) is 18.9. The molecule has 0 saturated carbocycles. The van der Waals surface area contributed by atoms with E-state index in [4.69, 9.17) is 5.73 Å². The van der Waals surface area contributed by atoms with E-state index in [9.17, 15) is 9.59 Å². The molecule has 0 atom stereocenters. The monoisotopic (exact) mass is 448 g/mol. The lowest BCUT2D eigenvalue weighted by molar-refractivity contribution is -0.120. The second kappa shape index (κ2) is 9.31. The van der Waals surface area contributed by atoms with Gasteiger partial charge in [0, 0.05) is 81.0 Å². The molecule has 0 unspecified atom stereocenters. The Morgan fingerprint density at radius 1 is 0.697 bits per heavy atom. The number of carbonyl (C=O) groups is 2. The van der Waals surface area contributed by atoms with Crippen molar-refractivity contribution in [2.45, 2.75) is 25.3 Å². The number of nitrogens with zero attached hydrogens (tertiary/aromatic N) is 4. The van der Waals surface area contributed by atoms with Gasteiger partial charge in [-0.15, -0.1) is 0 Å². The van der Waals surface area contributed by atoms with E-state index in [1.165, 1.54) is 24.2 Å². The molecule has 174 valence electrons. The first kappa shape index (κ1) is 21.6. The third-order valence-corrected chi connectivity index (χ3v) is 7.13. The fourth-order valence-corrected chi connectivity index (χ4v) is 5.17. The normalized spacial score (nSPS) is 20.8. The van der Waals surface area contributed by atoms with Crippen LogP contribution < -0.4 is 25.8 Å². The molecule has 8 nitrogen and oxygen atoms in total. The van der Waals surface area contributed by atoms with Crippen LogP contribution in [0.5, 0.6) is 0 Å². The van der Waals surface area contributed by atoms with E-state index < -0.39 is 0 Å². The van der Waals surface area contributed by atoms with Crippen LogP contribution in [0.4, 0.5) is 27.5 Å². The van der Waals surface area contributed by atoms with Crippen molar-refractivity contribution in [2.24, 2.45) is 0 Å². The fourth-order valence-electron chi connectivity index (χ4n) is 5.17. The number of nitrogens with two attached hydrogens (primary N) is 1. The molecule has 2 aromatic rings. The Morgan fingerprint density at radius 3 is 1.85 bits per heavy atom. The summed E-state index contributed by atoms with van der Waals surface area (Å²) in [7, 11) is 0. The van der Waals surface area contributed by atoms with Crippen LogP contribution in [0.3, 0.4) is 0 Å². The smallest absolute Gasteiger partial charge is 0.328 e. The molecule has 0 aromatic heterocycles. The van der Waals surface area contributed by atoms with Gasteiger partial charge in [-0.25, -0.2) is 4.79 Å². The maximum Gasteiger partial charge on any atom is 0.328 e. The van der Waals surface area contributed by atoms with Gasteiger partial charge in [-0.1, -0.05) is 0 Å². The number of anilines is 4. The minimum absolute atomic E-state index is 0.207. The fraction of sp³-hybridized carbons (Fsp3) is 0.440. The summed E-state index contributed by atoms with van der Waals surface area (Å²) in [4.78, 5) is 32.6. The van der Waals surface area contributed by atoms with Gasteiger partial charge in [0.05, 0.1) is 0 Å². The number of hydrogen-bond acceptors (Lipinski definition) is 6. The molecule has 3 aliphatic heterocycles. The Hall–Kier alpha value is -3.26. The molecule has 3 N–H and O–H groups in total. The van der Waals surface area contributed by atoms with Crippen LogP contribution in [0.1, 0.15) is 19.3 Å². The molecule has 8 heteroatoms. The van der Waals surface area contributed by atoms with Crippen molar-refractivity contribution >= 4 is 34.7 Å². The highest BCUT2D eigenvalue weighted by Gasteiger charge is 2.28. The minimum Gasteiger partial charge on any atom is -0.399 e. The van der Waals surface area contributed by atoms with Crippen LogP contribution in [0.25, 0.3) is 0 Å². The molecular formula is C25H32N6O2. The van der Waals surface area contributed by atoms with Gasteiger partial charge in [0.2, 0.25) is 5.91 Å². The molecular weight excluding hydrogens is 416 g/mol. The van der Waals surface area contributed by atoms with Crippen LogP contribution >= 0.6 is 0 Å². The summed E-state index contributed by atoms with van der Waals surface area (Å²) >= 11 is 0. The van der Waals surface area contributed by atoms with Gasteiger partial charge in [0.1, 0.15) is 0 Å². The van der Waals surface area contributed by atoms with Crippen molar-refractivity contribution in [3.63, 3.8) is 0 Å². The zero-order chi connectivity index (χ0) is 22.8. The summed E-state index contributed by atoms with van der Waals surface area (Å²) in [5, 5.41) is 2.38. The van der Waals surface area contributed by atoms with Crippen molar-refractivity contribution in [1.82, 2.24) is 10.2 Å². The molecule has 0 bridgehead atoms. The number of piperidine rings is 1. The van der Waals surface area contributed by atoms with Gasteiger partial charge < -0.3 is 15.5 Å². The van der Waals surface area contributed by atoms with Gasteiger partial charge >= 0.3 is 6.03 Å². The highest BCUT2D eigenvalue weighted by molar-refractivity contribution is 6.05. The summed E-state index contributed by atoms with van der Waals surface area (Å²) in [6.07, 6.45) is 2.73. The Balaban J connectivity index is 1.11. The highest BCUT2D eigenvalue weighted by Crippen LogP contribution is 2.26. The van der Waals surface area contributed by atoms with E-state index in [0.717, 1.165) is 50.6 Å².